The second-order valence-corrected chi connectivity index (χ2v) is 8.94. The van der Waals surface area contributed by atoms with Crippen molar-refractivity contribution in [1.29, 1.82) is 0 Å². The molecule has 3 aromatic rings. The molecule has 0 aliphatic carbocycles. The number of aromatic nitrogens is 4. The first-order chi connectivity index (χ1) is 13.9. The van der Waals surface area contributed by atoms with Crippen molar-refractivity contribution < 1.29 is 13.2 Å². The highest BCUT2D eigenvalue weighted by Gasteiger charge is 2.30. The molecule has 1 aromatic carbocycles. The number of nitrogens with one attached hydrogen (secondary N) is 2. The fraction of sp³-hybridized carbons (Fsp3) is 0.316. The van der Waals surface area contributed by atoms with Gasteiger partial charge in [-0.2, -0.15) is 9.40 Å². The van der Waals surface area contributed by atoms with E-state index in [1.165, 1.54) is 28.6 Å². The van der Waals surface area contributed by atoms with E-state index in [1.54, 1.807) is 36.4 Å². The SMILES string of the molecule is Cn1ccc(NC(=O)c2ccc(S(=O)(=O)N3CCC(c4ncc[nH]4)CC3)cc2)n1. The van der Waals surface area contributed by atoms with Crippen molar-refractivity contribution in [1.82, 2.24) is 24.1 Å². The molecule has 10 heteroatoms. The summed E-state index contributed by atoms with van der Waals surface area (Å²) in [6.45, 7) is 0.880. The minimum atomic E-state index is -3.60. The van der Waals surface area contributed by atoms with Gasteiger partial charge in [0.05, 0.1) is 4.90 Å². The van der Waals surface area contributed by atoms with Gasteiger partial charge in [0.15, 0.2) is 5.82 Å². The lowest BCUT2D eigenvalue weighted by molar-refractivity contribution is 0.102. The Kier molecular flexibility index (Phi) is 5.20. The molecule has 1 saturated heterocycles. The lowest BCUT2D eigenvalue weighted by Crippen LogP contribution is -2.38. The third-order valence-corrected chi connectivity index (χ3v) is 6.98. The summed E-state index contributed by atoms with van der Waals surface area (Å²) in [6, 6.07) is 7.66. The van der Waals surface area contributed by atoms with Crippen LogP contribution in [-0.4, -0.2) is 51.5 Å². The van der Waals surface area contributed by atoms with Crippen LogP contribution in [-0.2, 0) is 17.1 Å². The molecule has 0 unspecified atom stereocenters. The third kappa shape index (κ3) is 4.08. The van der Waals surface area contributed by atoms with Gasteiger partial charge in [-0.3, -0.25) is 9.48 Å². The maximum Gasteiger partial charge on any atom is 0.256 e. The van der Waals surface area contributed by atoms with E-state index in [2.05, 4.69) is 20.4 Å². The van der Waals surface area contributed by atoms with E-state index >= 15 is 0 Å². The molecule has 0 atom stereocenters. The zero-order chi connectivity index (χ0) is 20.4. The number of carbonyl (C=O) groups excluding carboxylic acids is 1. The molecule has 0 spiro atoms. The highest BCUT2D eigenvalue weighted by atomic mass is 32.2. The number of hydrogen-bond acceptors (Lipinski definition) is 5. The Morgan fingerprint density at radius 3 is 2.48 bits per heavy atom. The first-order valence-electron chi connectivity index (χ1n) is 9.34. The van der Waals surface area contributed by atoms with Gasteiger partial charge in [0.2, 0.25) is 10.0 Å². The standard InChI is InChI=1S/C19H22N6O3S/c1-24-11-8-17(23-24)22-19(26)15-2-4-16(5-3-15)29(27,28)25-12-6-14(7-13-25)18-20-9-10-21-18/h2-5,8-11,14H,6-7,12-13H2,1H3,(H,20,21)(H,22,23,26). The summed E-state index contributed by atoms with van der Waals surface area (Å²) in [5, 5.41) is 6.77. The van der Waals surface area contributed by atoms with Gasteiger partial charge in [-0.1, -0.05) is 0 Å². The number of H-pyrrole nitrogens is 1. The van der Waals surface area contributed by atoms with Crippen molar-refractivity contribution in [2.45, 2.75) is 23.7 Å². The summed E-state index contributed by atoms with van der Waals surface area (Å²) in [5.41, 5.74) is 0.367. The van der Waals surface area contributed by atoms with Crippen LogP contribution < -0.4 is 5.32 Å². The quantitative estimate of drug-likeness (QED) is 0.663. The highest BCUT2D eigenvalue weighted by molar-refractivity contribution is 7.89. The third-order valence-electron chi connectivity index (χ3n) is 5.07. The lowest BCUT2D eigenvalue weighted by Gasteiger charge is -2.30. The molecule has 29 heavy (non-hydrogen) atoms. The first-order valence-corrected chi connectivity index (χ1v) is 10.8. The Hall–Kier alpha value is -2.98. The van der Waals surface area contributed by atoms with Crippen molar-refractivity contribution in [3.8, 4) is 0 Å². The Labute approximate surface area is 168 Å². The van der Waals surface area contributed by atoms with Crippen molar-refractivity contribution >= 4 is 21.7 Å². The molecule has 1 amide bonds. The fourth-order valence-corrected chi connectivity index (χ4v) is 4.94. The number of sulfonamides is 1. The van der Waals surface area contributed by atoms with E-state index in [1.807, 2.05) is 0 Å². The molecule has 1 aliphatic heterocycles. The van der Waals surface area contributed by atoms with Gasteiger partial charge in [-0.05, 0) is 37.1 Å². The van der Waals surface area contributed by atoms with E-state index < -0.39 is 10.0 Å². The van der Waals surface area contributed by atoms with Gasteiger partial charge >= 0.3 is 0 Å². The van der Waals surface area contributed by atoms with Crippen LogP contribution in [0.15, 0.2) is 53.8 Å². The van der Waals surface area contributed by atoms with E-state index in [0.717, 1.165) is 18.7 Å². The van der Waals surface area contributed by atoms with Crippen LogP contribution in [0.5, 0.6) is 0 Å². The van der Waals surface area contributed by atoms with Gasteiger partial charge in [-0.25, -0.2) is 13.4 Å². The number of imidazole rings is 1. The molecule has 9 nitrogen and oxygen atoms in total. The Balaban J connectivity index is 1.42. The predicted octanol–water partition coefficient (Wildman–Crippen LogP) is 1.96. The maximum absolute atomic E-state index is 12.9. The molecule has 1 fully saturated rings. The average Bonchev–Trinajstić information content (AvgIpc) is 3.40. The number of rotatable bonds is 5. The normalized spacial score (nSPS) is 16.0. The molecule has 0 bridgehead atoms. The number of amides is 1. The summed E-state index contributed by atoms with van der Waals surface area (Å²) < 4.78 is 29.0. The minimum Gasteiger partial charge on any atom is -0.348 e. The molecule has 4 rings (SSSR count). The molecule has 1 aliphatic rings. The number of nitrogens with zero attached hydrogens (tertiary/aromatic N) is 4. The second kappa shape index (κ2) is 7.80. The first kappa shape index (κ1) is 19.3. The predicted molar refractivity (Wildman–Crippen MR) is 107 cm³/mol. The molecular formula is C19H22N6O3S. The molecule has 3 heterocycles. The van der Waals surface area contributed by atoms with E-state index in [9.17, 15) is 13.2 Å². The zero-order valence-electron chi connectivity index (χ0n) is 15.9. The molecule has 152 valence electrons. The molecule has 2 aromatic heterocycles. The molecule has 0 saturated carbocycles. The monoisotopic (exact) mass is 414 g/mol. The lowest BCUT2D eigenvalue weighted by atomic mass is 9.98. The van der Waals surface area contributed by atoms with Crippen LogP contribution in [0.3, 0.4) is 0 Å². The number of hydrogen-bond donors (Lipinski definition) is 2. The van der Waals surface area contributed by atoms with E-state index in [-0.39, 0.29) is 16.7 Å². The zero-order valence-corrected chi connectivity index (χ0v) is 16.8. The van der Waals surface area contributed by atoms with E-state index in [0.29, 0.717) is 24.5 Å². The van der Waals surface area contributed by atoms with Gasteiger partial charge < -0.3 is 10.3 Å². The van der Waals surface area contributed by atoms with Crippen molar-refractivity contribution in [3.63, 3.8) is 0 Å². The highest BCUT2D eigenvalue weighted by Crippen LogP contribution is 2.29. The minimum absolute atomic E-state index is 0.184. The van der Waals surface area contributed by atoms with Crippen LogP contribution in [0.4, 0.5) is 5.82 Å². The molecule has 2 N–H and O–H groups in total. The number of benzene rings is 1. The fourth-order valence-electron chi connectivity index (χ4n) is 3.47. The summed E-state index contributed by atoms with van der Waals surface area (Å²) in [4.78, 5) is 19.9. The van der Waals surface area contributed by atoms with E-state index in [4.69, 9.17) is 0 Å². The second-order valence-electron chi connectivity index (χ2n) is 7.01. The molecule has 0 radical (unpaired) electrons. The van der Waals surface area contributed by atoms with Gasteiger partial charge in [0, 0.05) is 56.3 Å². The number of carbonyl (C=O) groups is 1. The van der Waals surface area contributed by atoms with Gasteiger partial charge in [-0.15, -0.1) is 0 Å². The van der Waals surface area contributed by atoms with Crippen LogP contribution in [0.1, 0.15) is 34.9 Å². The number of anilines is 1. The van der Waals surface area contributed by atoms with Crippen molar-refractivity contribution in [2.75, 3.05) is 18.4 Å². The number of aromatic amines is 1. The van der Waals surface area contributed by atoms with Crippen molar-refractivity contribution in [3.05, 3.63) is 60.3 Å². The Morgan fingerprint density at radius 1 is 1.17 bits per heavy atom. The van der Waals surface area contributed by atoms with Crippen molar-refractivity contribution in [2.24, 2.45) is 7.05 Å². The summed E-state index contributed by atoms with van der Waals surface area (Å²) in [6.07, 6.45) is 6.66. The summed E-state index contributed by atoms with van der Waals surface area (Å²) >= 11 is 0. The van der Waals surface area contributed by atoms with Gasteiger partial charge in [0.25, 0.3) is 5.91 Å². The maximum atomic E-state index is 12.9. The summed E-state index contributed by atoms with van der Waals surface area (Å²) in [7, 11) is -1.84. The van der Waals surface area contributed by atoms with Crippen LogP contribution in [0, 0.1) is 0 Å². The average molecular weight is 414 g/mol. The number of aryl methyl sites for hydroxylation is 1. The topological polar surface area (TPSA) is 113 Å². The smallest absolute Gasteiger partial charge is 0.256 e. The molecular weight excluding hydrogens is 392 g/mol. The largest absolute Gasteiger partial charge is 0.348 e. The Morgan fingerprint density at radius 2 is 1.90 bits per heavy atom. The summed E-state index contributed by atoms with van der Waals surface area (Å²) in [5.74, 6) is 1.25. The van der Waals surface area contributed by atoms with Crippen LogP contribution >= 0.6 is 0 Å². The number of piperidine rings is 1. The van der Waals surface area contributed by atoms with Gasteiger partial charge in [0.1, 0.15) is 5.82 Å². The van der Waals surface area contributed by atoms with Crippen LogP contribution in [0.25, 0.3) is 0 Å². The van der Waals surface area contributed by atoms with Crippen LogP contribution in [0.2, 0.25) is 0 Å². The Bertz CT molecular complexity index is 1080.